The van der Waals surface area contributed by atoms with Crippen molar-refractivity contribution in [2.75, 3.05) is 34.3 Å². The van der Waals surface area contributed by atoms with E-state index in [9.17, 15) is 21.6 Å². The molecule has 0 spiro atoms. The van der Waals surface area contributed by atoms with Crippen LogP contribution in [0, 0.1) is 6.92 Å². The average molecular weight is 538 g/mol. The largest absolute Gasteiger partial charge is 0.495 e. The summed E-state index contributed by atoms with van der Waals surface area (Å²) in [6.45, 7) is 1.30. The van der Waals surface area contributed by atoms with E-state index in [1.807, 2.05) is 13.0 Å². The second-order valence-electron chi connectivity index (χ2n) is 7.63. The van der Waals surface area contributed by atoms with Gasteiger partial charge >= 0.3 is 0 Å². The first-order valence-corrected chi connectivity index (χ1v) is 13.9. The Morgan fingerprint density at radius 2 is 1.66 bits per heavy atom. The number of hydrogen-bond donors (Lipinski definition) is 2. The molecule has 3 rings (SSSR count). The number of methoxy groups -OCH3 is 1. The Morgan fingerprint density at radius 3 is 2.26 bits per heavy atom. The van der Waals surface area contributed by atoms with Crippen molar-refractivity contribution in [1.82, 2.24) is 0 Å². The smallest absolute Gasteiger partial charge is 0.261 e. The van der Waals surface area contributed by atoms with E-state index in [1.54, 1.807) is 18.2 Å². The summed E-state index contributed by atoms with van der Waals surface area (Å²) in [5, 5.41) is 2.84. The maximum Gasteiger partial charge on any atom is 0.261 e. The fourth-order valence-corrected chi connectivity index (χ4v) is 5.28. The third kappa shape index (κ3) is 6.87. The minimum atomic E-state index is -3.87. The van der Waals surface area contributed by atoms with Gasteiger partial charge in [0.2, 0.25) is 15.9 Å². The Kier molecular flexibility index (Phi) is 7.93. The van der Waals surface area contributed by atoms with Crippen LogP contribution < -0.4 is 19.1 Å². The van der Waals surface area contributed by atoms with Gasteiger partial charge in [-0.05, 0) is 67.1 Å². The van der Waals surface area contributed by atoms with Crippen molar-refractivity contribution in [1.29, 1.82) is 0 Å². The summed E-state index contributed by atoms with van der Waals surface area (Å²) in [6.07, 6.45) is 0.960. The van der Waals surface area contributed by atoms with Gasteiger partial charge in [0, 0.05) is 16.4 Å². The molecular weight excluding hydrogens is 514 g/mol. The maximum absolute atomic E-state index is 12.7. The third-order valence-electron chi connectivity index (χ3n) is 4.82. The minimum absolute atomic E-state index is 0.00145. The first-order chi connectivity index (χ1) is 16.4. The number of sulfonamides is 2. The highest BCUT2D eigenvalue weighted by Crippen LogP contribution is 2.32. The number of anilines is 3. The zero-order valence-electron chi connectivity index (χ0n) is 19.1. The molecule has 0 unspecified atom stereocenters. The lowest BCUT2D eigenvalue weighted by Gasteiger charge is -2.24. The lowest BCUT2D eigenvalue weighted by atomic mass is 10.2. The summed E-state index contributed by atoms with van der Waals surface area (Å²) in [7, 11) is -6.33. The van der Waals surface area contributed by atoms with Crippen molar-refractivity contribution >= 4 is 54.6 Å². The summed E-state index contributed by atoms with van der Waals surface area (Å²) >= 11 is 6.01. The Balaban J connectivity index is 1.75. The zero-order valence-corrected chi connectivity index (χ0v) is 21.5. The van der Waals surface area contributed by atoms with Gasteiger partial charge in [0.05, 0.1) is 23.9 Å². The molecule has 0 radical (unpaired) electrons. The lowest BCUT2D eigenvalue weighted by Crippen LogP contribution is -2.37. The normalized spacial score (nSPS) is 11.5. The van der Waals surface area contributed by atoms with Gasteiger partial charge in [0.25, 0.3) is 10.0 Å². The molecule has 12 heteroatoms. The van der Waals surface area contributed by atoms with Gasteiger partial charge in [-0.2, -0.15) is 0 Å². The first-order valence-electron chi connectivity index (χ1n) is 10.2. The van der Waals surface area contributed by atoms with Crippen molar-refractivity contribution in [3.8, 4) is 5.75 Å². The molecular formula is C23H24ClN3O6S2. The van der Waals surface area contributed by atoms with Gasteiger partial charge in [-0.15, -0.1) is 0 Å². The summed E-state index contributed by atoms with van der Waals surface area (Å²) in [4.78, 5) is 12.7. The summed E-state index contributed by atoms with van der Waals surface area (Å²) in [6, 6.07) is 16.8. The SMILES string of the molecule is COc1ccc(Cl)cc1N(CC(=O)Nc1ccc(S(=O)(=O)Nc2cccc(C)c2)cc1)S(C)(=O)=O. The predicted molar refractivity (Wildman–Crippen MR) is 137 cm³/mol. The van der Waals surface area contributed by atoms with Crippen molar-refractivity contribution in [2.24, 2.45) is 0 Å². The second kappa shape index (κ2) is 10.5. The number of halogens is 1. The Morgan fingerprint density at radius 1 is 0.971 bits per heavy atom. The van der Waals surface area contributed by atoms with Crippen LogP contribution in [0.1, 0.15) is 5.56 Å². The van der Waals surface area contributed by atoms with Crippen LogP contribution in [-0.2, 0) is 24.8 Å². The van der Waals surface area contributed by atoms with E-state index in [0.717, 1.165) is 16.1 Å². The van der Waals surface area contributed by atoms with Crippen molar-refractivity contribution < 1.29 is 26.4 Å². The average Bonchev–Trinajstić information content (AvgIpc) is 2.77. The fraction of sp³-hybridized carbons (Fsp3) is 0.174. The van der Waals surface area contributed by atoms with E-state index in [1.165, 1.54) is 49.6 Å². The molecule has 186 valence electrons. The zero-order chi connectivity index (χ0) is 25.8. The van der Waals surface area contributed by atoms with Gasteiger partial charge in [0.15, 0.2) is 0 Å². The number of nitrogens with one attached hydrogen (secondary N) is 2. The first kappa shape index (κ1) is 26.3. The number of ether oxygens (including phenoxy) is 1. The van der Waals surface area contributed by atoms with Crippen molar-refractivity contribution in [3.63, 3.8) is 0 Å². The standard InChI is InChI=1S/C23H24ClN3O6S2/c1-16-5-4-6-19(13-16)26-35(31,32)20-10-8-18(9-11-20)25-23(28)15-27(34(3,29)30)21-14-17(24)7-12-22(21)33-2/h4-14,26H,15H2,1-3H3,(H,25,28). The van der Waals surface area contributed by atoms with Crippen LogP contribution in [0.5, 0.6) is 5.75 Å². The van der Waals surface area contributed by atoms with E-state index in [0.29, 0.717) is 5.69 Å². The van der Waals surface area contributed by atoms with E-state index in [2.05, 4.69) is 10.0 Å². The molecule has 0 bridgehead atoms. The van der Waals surface area contributed by atoms with E-state index in [4.69, 9.17) is 16.3 Å². The molecule has 0 aliphatic heterocycles. The Bertz CT molecular complexity index is 1440. The third-order valence-corrected chi connectivity index (χ3v) is 7.57. The van der Waals surface area contributed by atoms with Gasteiger partial charge in [-0.3, -0.25) is 13.8 Å². The molecule has 0 aliphatic carbocycles. The topological polar surface area (TPSA) is 122 Å². The summed E-state index contributed by atoms with van der Waals surface area (Å²) < 4.78 is 58.7. The van der Waals surface area contributed by atoms with Gasteiger partial charge in [-0.25, -0.2) is 16.8 Å². The molecule has 0 saturated heterocycles. The number of amides is 1. The molecule has 0 fully saturated rings. The maximum atomic E-state index is 12.7. The molecule has 3 aromatic rings. The highest BCUT2D eigenvalue weighted by Gasteiger charge is 2.24. The molecule has 1 amide bonds. The van der Waals surface area contributed by atoms with Gasteiger partial charge in [-0.1, -0.05) is 23.7 Å². The van der Waals surface area contributed by atoms with Gasteiger partial charge in [0.1, 0.15) is 12.3 Å². The van der Waals surface area contributed by atoms with Crippen LogP contribution in [0.15, 0.2) is 71.6 Å². The summed E-state index contributed by atoms with van der Waals surface area (Å²) in [5.41, 5.74) is 1.74. The van der Waals surface area contributed by atoms with Crippen LogP contribution in [-0.4, -0.2) is 42.7 Å². The van der Waals surface area contributed by atoms with Gasteiger partial charge < -0.3 is 10.1 Å². The van der Waals surface area contributed by atoms with E-state index in [-0.39, 0.29) is 27.0 Å². The number of benzene rings is 3. The van der Waals surface area contributed by atoms with E-state index >= 15 is 0 Å². The fourth-order valence-electron chi connectivity index (χ4n) is 3.21. The highest BCUT2D eigenvalue weighted by atomic mass is 35.5. The van der Waals surface area contributed by atoms with Crippen molar-refractivity contribution in [3.05, 3.63) is 77.3 Å². The van der Waals surface area contributed by atoms with Crippen LogP contribution >= 0.6 is 11.6 Å². The summed E-state index contributed by atoms with van der Waals surface area (Å²) in [5.74, 6) is -0.422. The number of hydrogen-bond acceptors (Lipinski definition) is 6. The minimum Gasteiger partial charge on any atom is -0.495 e. The van der Waals surface area contributed by atoms with E-state index < -0.39 is 32.5 Å². The van der Waals surface area contributed by atoms with Crippen LogP contribution in [0.3, 0.4) is 0 Å². The molecule has 0 atom stereocenters. The molecule has 2 N–H and O–H groups in total. The monoisotopic (exact) mass is 537 g/mol. The highest BCUT2D eigenvalue weighted by molar-refractivity contribution is 7.92. The number of nitrogens with zero attached hydrogens (tertiary/aromatic N) is 1. The Hall–Kier alpha value is -3.28. The predicted octanol–water partition coefficient (Wildman–Crippen LogP) is 3.86. The molecule has 9 nitrogen and oxygen atoms in total. The molecule has 0 aliphatic rings. The molecule has 35 heavy (non-hydrogen) atoms. The number of aryl methyl sites for hydroxylation is 1. The number of carbonyl (C=O) groups excluding carboxylic acids is 1. The lowest BCUT2D eigenvalue weighted by molar-refractivity contribution is -0.114. The number of rotatable bonds is 9. The molecule has 0 saturated carbocycles. The Labute approximate surface area is 209 Å². The quantitative estimate of drug-likeness (QED) is 0.427. The van der Waals surface area contributed by atoms with Crippen LogP contribution in [0.2, 0.25) is 5.02 Å². The van der Waals surface area contributed by atoms with Crippen LogP contribution in [0.25, 0.3) is 0 Å². The second-order valence-corrected chi connectivity index (χ2v) is 11.7. The molecule has 0 aromatic heterocycles. The molecule has 0 heterocycles. The molecule has 3 aromatic carbocycles. The van der Waals surface area contributed by atoms with Crippen LogP contribution in [0.4, 0.5) is 17.1 Å². The number of carbonyl (C=O) groups is 1. The van der Waals surface area contributed by atoms with Crippen molar-refractivity contribution in [2.45, 2.75) is 11.8 Å².